The van der Waals surface area contributed by atoms with Crippen molar-refractivity contribution in [3.05, 3.63) is 82.8 Å². The van der Waals surface area contributed by atoms with E-state index in [0.29, 0.717) is 22.8 Å². The molecule has 1 amide bonds. The summed E-state index contributed by atoms with van der Waals surface area (Å²) in [6.07, 6.45) is 1.23. The van der Waals surface area contributed by atoms with Gasteiger partial charge in [0.05, 0.1) is 17.9 Å². The number of carbonyl (C=O) groups excluding carboxylic acids is 1. The number of aromatic nitrogens is 2. The highest BCUT2D eigenvalue weighted by Gasteiger charge is 2.14. The molecule has 0 spiro atoms. The van der Waals surface area contributed by atoms with Crippen LogP contribution < -0.4 is 10.6 Å². The van der Waals surface area contributed by atoms with E-state index in [1.54, 1.807) is 13.0 Å². The molecule has 0 aliphatic heterocycles. The Labute approximate surface area is 168 Å². The Bertz CT molecular complexity index is 1070. The standard InChI is InChI=1S/C22H22N4O3/c1-13-6-4-8-17(10-13)21(27)25-18-9-5-7-16(11-18)14(2)24-20-15(3)23-12-19(26-20)22(28)29/h4-12,14H,1-3H3,(H,24,26)(H,25,27)(H,28,29). The van der Waals surface area contributed by atoms with E-state index in [1.165, 1.54) is 6.20 Å². The molecule has 1 atom stereocenters. The second kappa shape index (κ2) is 8.52. The van der Waals surface area contributed by atoms with Gasteiger partial charge in [-0.05, 0) is 50.6 Å². The van der Waals surface area contributed by atoms with Gasteiger partial charge in [-0.15, -0.1) is 0 Å². The summed E-state index contributed by atoms with van der Waals surface area (Å²) in [4.78, 5) is 31.8. The Morgan fingerprint density at radius 2 is 1.83 bits per heavy atom. The summed E-state index contributed by atoms with van der Waals surface area (Å²) in [6.45, 7) is 5.62. The maximum atomic E-state index is 12.5. The largest absolute Gasteiger partial charge is 0.476 e. The van der Waals surface area contributed by atoms with Crippen LogP contribution in [0.5, 0.6) is 0 Å². The number of carboxylic acids is 1. The fraction of sp³-hybridized carbons (Fsp3) is 0.182. The molecule has 7 nitrogen and oxygen atoms in total. The van der Waals surface area contributed by atoms with Crippen LogP contribution >= 0.6 is 0 Å². The lowest BCUT2D eigenvalue weighted by atomic mass is 10.1. The molecule has 3 rings (SSSR count). The summed E-state index contributed by atoms with van der Waals surface area (Å²) < 4.78 is 0. The van der Waals surface area contributed by atoms with E-state index >= 15 is 0 Å². The van der Waals surface area contributed by atoms with Gasteiger partial charge in [0.2, 0.25) is 0 Å². The minimum Gasteiger partial charge on any atom is -0.476 e. The van der Waals surface area contributed by atoms with Gasteiger partial charge in [-0.1, -0.05) is 29.8 Å². The minimum absolute atomic E-state index is 0.121. The maximum Gasteiger partial charge on any atom is 0.356 e. The number of amides is 1. The number of nitrogens with zero attached hydrogens (tertiary/aromatic N) is 2. The second-order valence-corrected chi connectivity index (χ2v) is 6.81. The van der Waals surface area contributed by atoms with Crippen LogP contribution in [-0.2, 0) is 0 Å². The first-order valence-corrected chi connectivity index (χ1v) is 9.15. The molecule has 0 fully saturated rings. The average Bonchev–Trinajstić information content (AvgIpc) is 2.69. The molecule has 0 aliphatic carbocycles. The van der Waals surface area contributed by atoms with Gasteiger partial charge in [0, 0.05) is 11.3 Å². The van der Waals surface area contributed by atoms with Crippen LogP contribution in [0.25, 0.3) is 0 Å². The van der Waals surface area contributed by atoms with Crippen LogP contribution in [0.15, 0.2) is 54.7 Å². The Morgan fingerprint density at radius 3 is 2.55 bits per heavy atom. The number of anilines is 2. The van der Waals surface area contributed by atoms with Crippen LogP contribution in [0.2, 0.25) is 0 Å². The molecule has 1 unspecified atom stereocenters. The number of benzene rings is 2. The molecule has 0 radical (unpaired) electrons. The van der Waals surface area contributed by atoms with E-state index < -0.39 is 5.97 Å². The normalized spacial score (nSPS) is 11.6. The van der Waals surface area contributed by atoms with Gasteiger partial charge >= 0.3 is 5.97 Å². The summed E-state index contributed by atoms with van der Waals surface area (Å²) in [5.74, 6) is -0.900. The molecule has 0 aliphatic rings. The molecule has 2 aromatic carbocycles. The number of aryl methyl sites for hydroxylation is 2. The molecule has 1 heterocycles. The highest BCUT2D eigenvalue weighted by Crippen LogP contribution is 2.23. The maximum absolute atomic E-state index is 12.5. The average molecular weight is 390 g/mol. The first-order chi connectivity index (χ1) is 13.8. The molecular weight excluding hydrogens is 368 g/mol. The quantitative estimate of drug-likeness (QED) is 0.582. The van der Waals surface area contributed by atoms with E-state index in [0.717, 1.165) is 11.1 Å². The molecule has 3 N–H and O–H groups in total. The number of carboxylic acid groups (broad SMARTS) is 1. The van der Waals surface area contributed by atoms with Gasteiger partial charge in [0.1, 0.15) is 5.82 Å². The number of hydrogen-bond donors (Lipinski definition) is 3. The Morgan fingerprint density at radius 1 is 1.07 bits per heavy atom. The molecule has 0 bridgehead atoms. The molecule has 29 heavy (non-hydrogen) atoms. The van der Waals surface area contributed by atoms with Crippen molar-refractivity contribution in [2.24, 2.45) is 0 Å². The van der Waals surface area contributed by atoms with Gasteiger partial charge in [-0.25, -0.2) is 9.78 Å². The molecular formula is C22H22N4O3. The van der Waals surface area contributed by atoms with Gasteiger partial charge in [-0.2, -0.15) is 0 Å². The molecule has 1 aromatic heterocycles. The van der Waals surface area contributed by atoms with Crippen LogP contribution in [0.4, 0.5) is 11.5 Å². The van der Waals surface area contributed by atoms with Crippen LogP contribution in [0.3, 0.4) is 0 Å². The van der Waals surface area contributed by atoms with E-state index in [2.05, 4.69) is 20.6 Å². The van der Waals surface area contributed by atoms with Crippen LogP contribution in [0, 0.1) is 13.8 Å². The highest BCUT2D eigenvalue weighted by molar-refractivity contribution is 6.04. The zero-order chi connectivity index (χ0) is 21.0. The first kappa shape index (κ1) is 20.0. The zero-order valence-corrected chi connectivity index (χ0v) is 16.4. The number of carbonyl (C=O) groups is 2. The first-order valence-electron chi connectivity index (χ1n) is 9.15. The summed E-state index contributed by atoms with van der Waals surface area (Å²) in [6, 6.07) is 14.7. The van der Waals surface area contributed by atoms with E-state index in [9.17, 15) is 9.59 Å². The highest BCUT2D eigenvalue weighted by atomic mass is 16.4. The second-order valence-electron chi connectivity index (χ2n) is 6.81. The van der Waals surface area contributed by atoms with Gasteiger partial charge in [0.15, 0.2) is 5.69 Å². The SMILES string of the molecule is Cc1cccc(C(=O)Nc2cccc(C(C)Nc3nc(C(=O)O)cnc3C)c2)c1. The Hall–Kier alpha value is -3.74. The van der Waals surface area contributed by atoms with Gasteiger partial charge < -0.3 is 15.7 Å². The lowest BCUT2D eigenvalue weighted by Gasteiger charge is -2.17. The minimum atomic E-state index is -1.13. The lowest BCUT2D eigenvalue weighted by molar-refractivity contribution is 0.0690. The predicted octanol–water partition coefficient (Wildman–Crippen LogP) is 4.22. The molecule has 0 saturated heterocycles. The van der Waals surface area contributed by atoms with Crippen molar-refractivity contribution in [3.63, 3.8) is 0 Å². The summed E-state index contributed by atoms with van der Waals surface area (Å²) in [5.41, 5.74) is 3.68. The Balaban J connectivity index is 1.76. The smallest absolute Gasteiger partial charge is 0.356 e. The van der Waals surface area contributed by atoms with Crippen LogP contribution in [-0.4, -0.2) is 27.0 Å². The van der Waals surface area contributed by atoms with E-state index in [1.807, 2.05) is 56.3 Å². The number of hydrogen-bond acceptors (Lipinski definition) is 5. The van der Waals surface area contributed by atoms with Gasteiger partial charge in [-0.3, -0.25) is 9.78 Å². The van der Waals surface area contributed by atoms with Crippen molar-refractivity contribution in [2.45, 2.75) is 26.8 Å². The van der Waals surface area contributed by atoms with Crippen molar-refractivity contribution < 1.29 is 14.7 Å². The summed E-state index contributed by atoms with van der Waals surface area (Å²) in [7, 11) is 0. The Kier molecular flexibility index (Phi) is 5.87. The topological polar surface area (TPSA) is 104 Å². The zero-order valence-electron chi connectivity index (χ0n) is 16.4. The molecule has 7 heteroatoms. The van der Waals surface area contributed by atoms with Crippen molar-refractivity contribution in [3.8, 4) is 0 Å². The van der Waals surface area contributed by atoms with E-state index in [-0.39, 0.29) is 17.6 Å². The predicted molar refractivity (Wildman–Crippen MR) is 111 cm³/mol. The lowest BCUT2D eigenvalue weighted by Crippen LogP contribution is -2.14. The number of rotatable bonds is 6. The van der Waals surface area contributed by atoms with Crippen molar-refractivity contribution in [2.75, 3.05) is 10.6 Å². The number of nitrogens with one attached hydrogen (secondary N) is 2. The fourth-order valence-electron chi connectivity index (χ4n) is 2.85. The van der Waals surface area contributed by atoms with Crippen molar-refractivity contribution in [1.82, 2.24) is 9.97 Å². The fourth-order valence-corrected chi connectivity index (χ4v) is 2.85. The summed E-state index contributed by atoms with van der Waals surface area (Å²) >= 11 is 0. The van der Waals surface area contributed by atoms with Gasteiger partial charge in [0.25, 0.3) is 5.91 Å². The van der Waals surface area contributed by atoms with Crippen molar-refractivity contribution >= 4 is 23.4 Å². The summed E-state index contributed by atoms with van der Waals surface area (Å²) in [5, 5.41) is 15.2. The molecule has 0 saturated carbocycles. The molecule has 148 valence electrons. The third-order valence-corrected chi connectivity index (χ3v) is 4.45. The van der Waals surface area contributed by atoms with Crippen LogP contribution in [0.1, 0.15) is 50.6 Å². The molecule has 3 aromatic rings. The van der Waals surface area contributed by atoms with E-state index in [4.69, 9.17) is 5.11 Å². The monoisotopic (exact) mass is 390 g/mol. The number of aromatic carboxylic acids is 1. The third-order valence-electron chi connectivity index (χ3n) is 4.45. The van der Waals surface area contributed by atoms with Crippen molar-refractivity contribution in [1.29, 1.82) is 0 Å². The third kappa shape index (κ3) is 4.95.